The Kier molecular flexibility index (Phi) is 6.69. The van der Waals surface area contributed by atoms with E-state index >= 15 is 0 Å². The van der Waals surface area contributed by atoms with Crippen molar-refractivity contribution >= 4 is 17.5 Å². The van der Waals surface area contributed by atoms with Crippen molar-refractivity contribution < 1.29 is 22.8 Å². The molecule has 2 fully saturated rings. The number of hydrogen-bond acceptors (Lipinski definition) is 5. The second-order valence-electron chi connectivity index (χ2n) is 9.85. The van der Waals surface area contributed by atoms with Gasteiger partial charge in [-0.2, -0.15) is 18.4 Å². The van der Waals surface area contributed by atoms with Crippen LogP contribution < -0.4 is 4.90 Å². The molecule has 0 radical (unpaired) electrons. The van der Waals surface area contributed by atoms with Crippen LogP contribution in [0.5, 0.6) is 0 Å². The molecule has 2 aromatic rings. The van der Waals surface area contributed by atoms with Gasteiger partial charge in [0.15, 0.2) is 0 Å². The van der Waals surface area contributed by atoms with Gasteiger partial charge >= 0.3 is 6.18 Å². The summed E-state index contributed by atoms with van der Waals surface area (Å²) in [6, 6.07) is 8.86. The third-order valence-electron chi connectivity index (χ3n) is 7.39. The van der Waals surface area contributed by atoms with E-state index in [-0.39, 0.29) is 11.8 Å². The average Bonchev–Trinajstić information content (AvgIpc) is 3.21. The molecule has 0 N–H and O–H groups in total. The molecule has 190 valence electrons. The summed E-state index contributed by atoms with van der Waals surface area (Å²) in [5.74, 6) is -0.637. The maximum atomic E-state index is 13.5. The van der Waals surface area contributed by atoms with Crippen LogP contribution in [0.2, 0.25) is 0 Å². The number of alkyl halides is 3. The van der Waals surface area contributed by atoms with Crippen molar-refractivity contribution in [3.63, 3.8) is 0 Å². The van der Waals surface area contributed by atoms with Gasteiger partial charge in [0, 0.05) is 63.3 Å². The van der Waals surface area contributed by atoms with Crippen molar-refractivity contribution in [2.45, 2.75) is 25.9 Å². The number of amides is 2. The van der Waals surface area contributed by atoms with E-state index in [1.807, 2.05) is 11.8 Å². The minimum absolute atomic E-state index is 0.0569. The molecule has 2 amide bonds. The molecule has 0 saturated carbocycles. The van der Waals surface area contributed by atoms with Crippen LogP contribution in [0.4, 0.5) is 18.9 Å². The van der Waals surface area contributed by atoms with Gasteiger partial charge in [0.2, 0.25) is 5.91 Å². The molecule has 4 rings (SSSR count). The summed E-state index contributed by atoms with van der Waals surface area (Å²) in [5, 5.41) is 9.08. The second kappa shape index (κ2) is 9.45. The molecule has 1 atom stereocenters. The number of nitrogens with zero attached hydrogens (tertiary/aromatic N) is 5. The Morgan fingerprint density at radius 2 is 1.86 bits per heavy atom. The molecule has 10 heteroatoms. The molecule has 1 spiro atoms. The quantitative estimate of drug-likeness (QED) is 0.643. The van der Waals surface area contributed by atoms with Crippen LogP contribution in [0.3, 0.4) is 0 Å². The molecule has 2 saturated heterocycles. The minimum Gasteiger partial charge on any atom is -0.371 e. The SMILES string of the molecule is Cc1ccc(C(=O)N2CC(C(=O)N(C)C)C3(CCN(c4ccc(C#N)c(C(F)(F)F)c4)CC3)C2)cn1. The largest absolute Gasteiger partial charge is 0.417 e. The molecular formula is C26H28F3N5O2. The highest BCUT2D eigenvalue weighted by atomic mass is 19.4. The minimum atomic E-state index is -4.63. The van der Waals surface area contributed by atoms with E-state index < -0.39 is 28.6 Å². The summed E-state index contributed by atoms with van der Waals surface area (Å²) in [4.78, 5) is 35.7. The molecule has 2 aliphatic rings. The fourth-order valence-electron chi connectivity index (χ4n) is 5.33. The molecule has 0 bridgehead atoms. The van der Waals surface area contributed by atoms with E-state index in [1.54, 1.807) is 37.2 Å². The highest BCUT2D eigenvalue weighted by Gasteiger charge is 2.53. The number of aromatic nitrogens is 1. The molecule has 0 aliphatic carbocycles. The van der Waals surface area contributed by atoms with Crippen molar-refractivity contribution in [1.29, 1.82) is 5.26 Å². The number of benzene rings is 1. The summed E-state index contributed by atoms with van der Waals surface area (Å²) < 4.78 is 40.4. The highest BCUT2D eigenvalue weighted by Crippen LogP contribution is 2.47. The number of anilines is 1. The normalized spacial score (nSPS) is 19.3. The van der Waals surface area contributed by atoms with Crippen LogP contribution in [-0.2, 0) is 11.0 Å². The summed E-state index contributed by atoms with van der Waals surface area (Å²) in [6.45, 7) is 3.41. The van der Waals surface area contributed by atoms with E-state index in [9.17, 15) is 22.8 Å². The van der Waals surface area contributed by atoms with E-state index in [4.69, 9.17) is 5.26 Å². The van der Waals surface area contributed by atoms with Gasteiger partial charge in [0.25, 0.3) is 5.91 Å². The summed E-state index contributed by atoms with van der Waals surface area (Å²) in [7, 11) is 3.38. The molecule has 1 aromatic heterocycles. The number of carbonyl (C=O) groups excluding carboxylic acids is 2. The Bertz CT molecular complexity index is 1200. The predicted molar refractivity (Wildman–Crippen MR) is 127 cm³/mol. The third kappa shape index (κ3) is 4.74. The fraction of sp³-hybridized carbons (Fsp3) is 0.462. The number of pyridine rings is 1. The van der Waals surface area contributed by atoms with Gasteiger partial charge in [-0.3, -0.25) is 14.6 Å². The van der Waals surface area contributed by atoms with Crippen LogP contribution >= 0.6 is 0 Å². The lowest BCUT2D eigenvalue weighted by Crippen LogP contribution is -2.48. The third-order valence-corrected chi connectivity index (χ3v) is 7.39. The van der Waals surface area contributed by atoms with Crippen molar-refractivity contribution in [3.8, 4) is 6.07 Å². The fourth-order valence-corrected chi connectivity index (χ4v) is 5.33. The number of rotatable bonds is 3. The maximum absolute atomic E-state index is 13.5. The van der Waals surface area contributed by atoms with Gasteiger partial charge in [-0.25, -0.2) is 0 Å². The van der Waals surface area contributed by atoms with E-state index in [2.05, 4.69) is 4.98 Å². The molecule has 7 nitrogen and oxygen atoms in total. The molecule has 2 aliphatic heterocycles. The van der Waals surface area contributed by atoms with Crippen molar-refractivity contribution in [1.82, 2.24) is 14.8 Å². The number of carbonyl (C=O) groups is 2. The number of likely N-dealkylation sites (tertiary alicyclic amines) is 1. The summed E-state index contributed by atoms with van der Waals surface area (Å²) in [6.07, 6.45) is -1.99. The first-order valence-electron chi connectivity index (χ1n) is 11.7. The Morgan fingerprint density at radius 3 is 2.42 bits per heavy atom. The smallest absolute Gasteiger partial charge is 0.371 e. The second-order valence-corrected chi connectivity index (χ2v) is 9.85. The number of nitriles is 1. The average molecular weight is 500 g/mol. The van der Waals surface area contributed by atoms with Crippen LogP contribution in [0.15, 0.2) is 36.5 Å². The lowest BCUT2D eigenvalue weighted by Gasteiger charge is -2.43. The number of piperidine rings is 1. The van der Waals surface area contributed by atoms with E-state index in [1.165, 1.54) is 23.2 Å². The Labute approximate surface area is 208 Å². The lowest BCUT2D eigenvalue weighted by molar-refractivity contribution is -0.138. The molecule has 1 aromatic carbocycles. The van der Waals surface area contributed by atoms with Gasteiger partial charge in [-0.1, -0.05) is 0 Å². The lowest BCUT2D eigenvalue weighted by atomic mass is 9.70. The zero-order valence-corrected chi connectivity index (χ0v) is 20.5. The number of hydrogen-bond donors (Lipinski definition) is 0. The Morgan fingerprint density at radius 1 is 1.17 bits per heavy atom. The standard InChI is InChI=1S/C26H28F3N5O2/c1-17-4-5-19(14-31-17)23(35)34-15-22(24(36)32(2)3)25(16-34)8-10-33(11-9-25)20-7-6-18(13-30)21(12-20)26(27,28)29/h4-7,12,14,22H,8-11,15-16H2,1-3H3. The number of halogens is 3. The monoisotopic (exact) mass is 499 g/mol. The first-order chi connectivity index (χ1) is 16.9. The first-order valence-corrected chi connectivity index (χ1v) is 11.7. The number of aryl methyl sites for hydroxylation is 1. The molecular weight excluding hydrogens is 471 g/mol. The van der Waals surface area contributed by atoms with Gasteiger partial charge in [-0.15, -0.1) is 0 Å². The van der Waals surface area contributed by atoms with Gasteiger partial charge in [0.05, 0.1) is 28.7 Å². The first kappa shape index (κ1) is 25.5. The molecule has 3 heterocycles. The summed E-state index contributed by atoms with van der Waals surface area (Å²) in [5.41, 5.74) is -0.175. The van der Waals surface area contributed by atoms with Crippen LogP contribution in [-0.4, -0.2) is 66.9 Å². The Hall–Kier alpha value is -3.61. The van der Waals surface area contributed by atoms with Gasteiger partial charge in [-0.05, 0) is 50.1 Å². The van der Waals surface area contributed by atoms with E-state index in [0.717, 1.165) is 11.8 Å². The van der Waals surface area contributed by atoms with Gasteiger partial charge < -0.3 is 14.7 Å². The van der Waals surface area contributed by atoms with E-state index in [0.29, 0.717) is 50.3 Å². The van der Waals surface area contributed by atoms with Crippen LogP contribution in [0.1, 0.15) is 40.0 Å². The van der Waals surface area contributed by atoms with Crippen LogP contribution in [0, 0.1) is 29.6 Å². The zero-order chi connectivity index (χ0) is 26.3. The van der Waals surface area contributed by atoms with Gasteiger partial charge in [0.1, 0.15) is 0 Å². The van der Waals surface area contributed by atoms with Crippen LogP contribution in [0.25, 0.3) is 0 Å². The molecule has 1 unspecified atom stereocenters. The Balaban J connectivity index is 1.57. The van der Waals surface area contributed by atoms with Crippen molar-refractivity contribution in [2.24, 2.45) is 11.3 Å². The summed E-state index contributed by atoms with van der Waals surface area (Å²) >= 11 is 0. The molecule has 36 heavy (non-hydrogen) atoms. The zero-order valence-electron chi connectivity index (χ0n) is 20.5. The maximum Gasteiger partial charge on any atom is 0.417 e. The van der Waals surface area contributed by atoms with Crippen molar-refractivity contribution in [3.05, 3.63) is 58.9 Å². The van der Waals surface area contributed by atoms with Crippen molar-refractivity contribution in [2.75, 3.05) is 45.2 Å². The highest BCUT2D eigenvalue weighted by molar-refractivity contribution is 5.95. The topological polar surface area (TPSA) is 80.5 Å². The predicted octanol–water partition coefficient (Wildman–Crippen LogP) is 3.73.